The van der Waals surface area contributed by atoms with E-state index < -0.39 is 29.4 Å². The largest absolute Gasteiger partial charge is 0.481 e. The average molecular weight is 453 g/mol. The molecule has 176 valence electrons. The lowest BCUT2D eigenvalue weighted by molar-refractivity contribution is -0.142. The van der Waals surface area contributed by atoms with E-state index in [0.717, 1.165) is 22.3 Å². The van der Waals surface area contributed by atoms with Gasteiger partial charge >= 0.3 is 12.1 Å². The van der Waals surface area contributed by atoms with Crippen LogP contribution in [0, 0.1) is 11.8 Å². The summed E-state index contributed by atoms with van der Waals surface area (Å²) < 4.78 is 5.52. The van der Waals surface area contributed by atoms with Crippen molar-refractivity contribution in [2.24, 2.45) is 11.8 Å². The summed E-state index contributed by atoms with van der Waals surface area (Å²) in [6, 6.07) is 16.1. The highest BCUT2D eigenvalue weighted by molar-refractivity contribution is 5.89. The normalized spacial score (nSPS) is 13.7. The molecule has 1 unspecified atom stereocenters. The zero-order chi connectivity index (χ0) is 24.2. The molecule has 0 bridgehead atoms. The first-order chi connectivity index (χ1) is 15.6. The molecule has 0 heterocycles. The summed E-state index contributed by atoms with van der Waals surface area (Å²) in [4.78, 5) is 36.6. The maximum atomic E-state index is 12.6. The summed E-state index contributed by atoms with van der Waals surface area (Å²) in [7, 11) is 0. The summed E-state index contributed by atoms with van der Waals surface area (Å²) >= 11 is 0. The van der Waals surface area contributed by atoms with Gasteiger partial charge in [0.25, 0.3) is 0 Å². The van der Waals surface area contributed by atoms with Gasteiger partial charge in [-0.15, -0.1) is 0 Å². The molecule has 2 aromatic carbocycles. The number of ether oxygens (including phenoxy) is 1. The van der Waals surface area contributed by atoms with E-state index in [1.165, 1.54) is 0 Å². The number of carbonyl (C=O) groups is 3. The van der Waals surface area contributed by atoms with Crippen LogP contribution in [0.5, 0.6) is 0 Å². The highest BCUT2D eigenvalue weighted by Crippen LogP contribution is 2.44. The minimum absolute atomic E-state index is 0.00213. The smallest absolute Gasteiger partial charge is 0.408 e. The van der Waals surface area contributed by atoms with Crippen LogP contribution >= 0.6 is 0 Å². The summed E-state index contributed by atoms with van der Waals surface area (Å²) in [6.45, 7) is 7.12. The molecule has 7 nitrogen and oxygen atoms in total. The third kappa shape index (κ3) is 5.72. The Labute approximate surface area is 194 Å². The molecule has 0 aliphatic heterocycles. The predicted octanol–water partition coefficient (Wildman–Crippen LogP) is 4.17. The molecule has 2 amide bonds. The number of carboxylic acid groups (broad SMARTS) is 1. The Hall–Kier alpha value is -3.35. The quantitative estimate of drug-likeness (QED) is 0.530. The third-order valence-corrected chi connectivity index (χ3v) is 5.94. The molecule has 1 aliphatic carbocycles. The van der Waals surface area contributed by atoms with Gasteiger partial charge in [-0.05, 0) is 48.4 Å². The van der Waals surface area contributed by atoms with Crippen LogP contribution in [-0.4, -0.2) is 41.8 Å². The van der Waals surface area contributed by atoms with Crippen molar-refractivity contribution in [2.45, 2.75) is 45.6 Å². The first kappa shape index (κ1) is 24.3. The molecule has 0 radical (unpaired) electrons. The Morgan fingerprint density at radius 2 is 1.55 bits per heavy atom. The fourth-order valence-corrected chi connectivity index (χ4v) is 4.22. The van der Waals surface area contributed by atoms with Crippen LogP contribution in [-0.2, 0) is 14.3 Å². The molecule has 0 spiro atoms. The molecule has 33 heavy (non-hydrogen) atoms. The number of amides is 2. The van der Waals surface area contributed by atoms with Gasteiger partial charge in [-0.25, -0.2) is 4.79 Å². The molecule has 2 aromatic rings. The monoisotopic (exact) mass is 452 g/mol. The number of alkyl carbamates (subject to hydrolysis) is 1. The third-order valence-electron chi connectivity index (χ3n) is 5.94. The fraction of sp³-hybridized carbons (Fsp3) is 0.423. The van der Waals surface area contributed by atoms with Gasteiger partial charge in [-0.2, -0.15) is 0 Å². The Balaban J connectivity index is 1.58. The Kier molecular flexibility index (Phi) is 7.41. The number of aliphatic carboxylic acids is 1. The second-order valence-corrected chi connectivity index (χ2v) is 9.45. The van der Waals surface area contributed by atoms with Crippen LogP contribution in [0.1, 0.15) is 51.2 Å². The van der Waals surface area contributed by atoms with Crippen molar-refractivity contribution in [3.8, 4) is 11.1 Å². The van der Waals surface area contributed by atoms with Crippen LogP contribution in [0.15, 0.2) is 48.5 Å². The van der Waals surface area contributed by atoms with E-state index in [4.69, 9.17) is 4.74 Å². The molecular formula is C26H32N2O5. The minimum atomic E-state index is -1.26. The van der Waals surface area contributed by atoms with Gasteiger partial charge in [0.15, 0.2) is 0 Å². The van der Waals surface area contributed by atoms with Gasteiger partial charge in [0.05, 0.1) is 5.92 Å². The second-order valence-electron chi connectivity index (χ2n) is 9.45. The SMILES string of the molecule is CC(C)CC(CNC(=O)C(C)(C)NC(=O)OCC1c2ccccc2-c2ccccc21)C(=O)O. The van der Waals surface area contributed by atoms with Crippen LogP contribution < -0.4 is 10.6 Å². The zero-order valence-electron chi connectivity index (χ0n) is 19.6. The van der Waals surface area contributed by atoms with Crippen LogP contribution in [0.4, 0.5) is 4.79 Å². The van der Waals surface area contributed by atoms with E-state index in [1.54, 1.807) is 13.8 Å². The number of nitrogens with one attached hydrogen (secondary N) is 2. The standard InChI is InChI=1S/C26H32N2O5/c1-16(2)13-17(23(29)30)14-27-24(31)26(3,4)28-25(32)33-15-22-20-11-7-5-9-18(20)19-10-6-8-12-21(19)22/h5-12,16-17,22H,13-15H2,1-4H3,(H,27,31)(H,28,32)(H,29,30). The first-order valence-corrected chi connectivity index (χ1v) is 11.2. The molecule has 0 fully saturated rings. The predicted molar refractivity (Wildman–Crippen MR) is 126 cm³/mol. The van der Waals surface area contributed by atoms with Crippen molar-refractivity contribution in [2.75, 3.05) is 13.2 Å². The lowest BCUT2D eigenvalue weighted by atomic mass is 9.96. The zero-order valence-corrected chi connectivity index (χ0v) is 19.6. The summed E-state index contributed by atoms with van der Waals surface area (Å²) in [5.74, 6) is -1.99. The fourth-order valence-electron chi connectivity index (χ4n) is 4.22. The number of hydrogen-bond donors (Lipinski definition) is 3. The lowest BCUT2D eigenvalue weighted by Gasteiger charge is -2.26. The Morgan fingerprint density at radius 1 is 1.00 bits per heavy atom. The minimum Gasteiger partial charge on any atom is -0.481 e. The van der Waals surface area contributed by atoms with Crippen molar-refractivity contribution in [1.29, 1.82) is 0 Å². The van der Waals surface area contributed by atoms with E-state index in [2.05, 4.69) is 22.8 Å². The molecule has 3 rings (SSSR count). The molecule has 0 saturated heterocycles. The molecular weight excluding hydrogens is 420 g/mol. The van der Waals surface area contributed by atoms with Crippen LogP contribution in [0.3, 0.4) is 0 Å². The molecule has 7 heteroatoms. The Morgan fingerprint density at radius 3 is 2.06 bits per heavy atom. The molecule has 0 saturated carbocycles. The number of fused-ring (bicyclic) bond motifs is 3. The highest BCUT2D eigenvalue weighted by atomic mass is 16.5. The van der Waals surface area contributed by atoms with Gasteiger partial charge in [-0.1, -0.05) is 62.4 Å². The maximum Gasteiger partial charge on any atom is 0.408 e. The number of carbonyl (C=O) groups excluding carboxylic acids is 2. The maximum absolute atomic E-state index is 12.6. The van der Waals surface area contributed by atoms with Crippen LogP contribution in [0.25, 0.3) is 11.1 Å². The Bertz CT molecular complexity index is 985. The number of benzene rings is 2. The average Bonchev–Trinajstić information content (AvgIpc) is 3.08. The van der Waals surface area contributed by atoms with Gasteiger partial charge in [-0.3, -0.25) is 9.59 Å². The van der Waals surface area contributed by atoms with Crippen molar-refractivity contribution >= 4 is 18.0 Å². The molecule has 0 aromatic heterocycles. The van der Waals surface area contributed by atoms with Crippen molar-refractivity contribution < 1.29 is 24.2 Å². The van der Waals surface area contributed by atoms with E-state index in [-0.39, 0.29) is 25.0 Å². The van der Waals surface area contributed by atoms with Gasteiger partial charge in [0.1, 0.15) is 12.1 Å². The van der Waals surface area contributed by atoms with E-state index in [9.17, 15) is 19.5 Å². The van der Waals surface area contributed by atoms with Gasteiger partial charge < -0.3 is 20.5 Å². The van der Waals surface area contributed by atoms with Crippen molar-refractivity contribution in [3.05, 3.63) is 59.7 Å². The summed E-state index contributed by atoms with van der Waals surface area (Å²) in [5.41, 5.74) is 3.22. The van der Waals surface area contributed by atoms with Gasteiger partial charge in [0, 0.05) is 12.5 Å². The van der Waals surface area contributed by atoms with E-state index in [1.807, 2.05) is 50.2 Å². The molecule has 1 atom stereocenters. The number of carboxylic acids is 1. The first-order valence-electron chi connectivity index (χ1n) is 11.2. The summed E-state index contributed by atoms with van der Waals surface area (Å²) in [5, 5.41) is 14.6. The van der Waals surface area contributed by atoms with E-state index in [0.29, 0.717) is 6.42 Å². The lowest BCUT2D eigenvalue weighted by Crippen LogP contribution is -2.55. The van der Waals surface area contributed by atoms with Crippen molar-refractivity contribution in [1.82, 2.24) is 10.6 Å². The number of rotatable bonds is 9. The van der Waals surface area contributed by atoms with Crippen LogP contribution in [0.2, 0.25) is 0 Å². The number of hydrogen-bond acceptors (Lipinski definition) is 4. The highest BCUT2D eigenvalue weighted by Gasteiger charge is 2.33. The molecule has 3 N–H and O–H groups in total. The summed E-state index contributed by atoms with van der Waals surface area (Å²) in [6.07, 6.45) is -0.246. The second kappa shape index (κ2) is 10.1. The molecule has 1 aliphatic rings. The van der Waals surface area contributed by atoms with E-state index >= 15 is 0 Å². The van der Waals surface area contributed by atoms with Crippen molar-refractivity contribution in [3.63, 3.8) is 0 Å². The topological polar surface area (TPSA) is 105 Å². The van der Waals surface area contributed by atoms with Gasteiger partial charge in [0.2, 0.25) is 5.91 Å².